The second kappa shape index (κ2) is 8.86. The van der Waals surface area contributed by atoms with Crippen molar-refractivity contribution in [2.24, 2.45) is 0 Å². The van der Waals surface area contributed by atoms with Gasteiger partial charge in [0.2, 0.25) is 0 Å². The van der Waals surface area contributed by atoms with Gasteiger partial charge in [-0.25, -0.2) is 9.59 Å². The molecule has 0 spiro atoms. The number of nitrogens with zero attached hydrogens (tertiary/aromatic N) is 2. The van der Waals surface area contributed by atoms with Crippen molar-refractivity contribution in [1.29, 1.82) is 0 Å². The van der Waals surface area contributed by atoms with E-state index in [0.717, 1.165) is 9.80 Å². The average Bonchev–Trinajstić information content (AvgIpc) is 2.64. The zero-order valence-corrected chi connectivity index (χ0v) is 15.0. The first-order chi connectivity index (χ1) is 15.6. The lowest BCUT2D eigenvalue weighted by Gasteiger charge is -2.23. The van der Waals surface area contributed by atoms with Gasteiger partial charge in [-0.15, -0.1) is 0 Å². The molecule has 1 aromatic rings. The molecule has 2 N–H and O–H groups in total. The van der Waals surface area contributed by atoms with E-state index < -0.39 is 50.9 Å². The largest absolute Gasteiger partial charge is 0.414 e. The van der Waals surface area contributed by atoms with Gasteiger partial charge in [-0.3, -0.25) is 0 Å². The number of carbonyl (C=O) groups excluding carboxylic acids is 2. The highest BCUT2D eigenvalue weighted by atomic mass is 16.6. The normalized spacial score (nSPS) is 18.9. The standard InChI is InChI=1S/C18H29N3O5/c1-18(2,3)19-11-15(22)12-8-13(25-16(23)20(4)5)10-14(9-12)26-17(24)21(6)7/h8-10,15,19,22H,11H2,1-7H3/i1D3,2D3,3D3. The number of nitrogens with one attached hydrogen (secondary N) is 1. The minimum Gasteiger partial charge on any atom is -0.410 e. The van der Waals surface area contributed by atoms with Gasteiger partial charge in [0, 0.05) is 58.7 Å². The molecule has 1 aromatic carbocycles. The number of benzene rings is 1. The molecule has 0 saturated heterocycles. The van der Waals surface area contributed by atoms with Crippen LogP contribution in [0.15, 0.2) is 18.2 Å². The third-order valence-corrected chi connectivity index (χ3v) is 2.99. The fraction of sp³-hybridized carbons (Fsp3) is 0.556. The van der Waals surface area contributed by atoms with Crippen LogP contribution in [-0.2, 0) is 0 Å². The summed E-state index contributed by atoms with van der Waals surface area (Å²) in [5, 5.41) is 12.7. The Labute approximate surface area is 167 Å². The van der Waals surface area contributed by atoms with Gasteiger partial charge < -0.3 is 29.7 Å². The molecule has 2 amide bonds. The van der Waals surface area contributed by atoms with Crippen LogP contribution < -0.4 is 14.8 Å². The van der Waals surface area contributed by atoms with Crippen LogP contribution >= 0.6 is 0 Å². The van der Waals surface area contributed by atoms with Crippen LogP contribution in [0.5, 0.6) is 11.5 Å². The molecule has 1 atom stereocenters. The van der Waals surface area contributed by atoms with Gasteiger partial charge in [0.05, 0.1) is 6.10 Å². The molecule has 0 radical (unpaired) electrons. The minimum atomic E-state index is -3.52. The van der Waals surface area contributed by atoms with Crippen LogP contribution in [0.3, 0.4) is 0 Å². The Morgan fingerprint density at radius 2 is 1.54 bits per heavy atom. The maximum Gasteiger partial charge on any atom is 0.414 e. The zero-order chi connectivity index (χ0) is 27.6. The van der Waals surface area contributed by atoms with Crippen molar-refractivity contribution in [3.8, 4) is 11.5 Å². The van der Waals surface area contributed by atoms with Crippen molar-refractivity contribution < 1.29 is 36.5 Å². The Bertz CT molecular complexity index is 838. The van der Waals surface area contributed by atoms with E-state index in [1.54, 1.807) is 0 Å². The molecule has 8 heteroatoms. The number of β-amino-alcohol motifs (C(OH)–C–C–N with tert-alkyl or cyclic N) is 1. The Morgan fingerprint density at radius 3 is 1.92 bits per heavy atom. The number of hydrogen-bond donors (Lipinski definition) is 2. The lowest BCUT2D eigenvalue weighted by molar-refractivity contribution is 0.159. The van der Waals surface area contributed by atoms with Crippen LogP contribution in [0.2, 0.25) is 0 Å². The highest BCUT2D eigenvalue weighted by Crippen LogP contribution is 2.27. The van der Waals surface area contributed by atoms with Crippen molar-refractivity contribution >= 4 is 12.2 Å². The number of aliphatic hydroxyl groups excluding tert-OH is 1. The second-order valence-electron chi connectivity index (χ2n) is 5.91. The Kier molecular flexibility index (Phi) is 3.89. The third-order valence-electron chi connectivity index (χ3n) is 2.99. The number of hydrogen-bond acceptors (Lipinski definition) is 6. The topological polar surface area (TPSA) is 91.3 Å². The number of amides is 2. The van der Waals surface area contributed by atoms with E-state index >= 15 is 0 Å². The average molecular weight is 377 g/mol. The first-order valence-corrected chi connectivity index (χ1v) is 7.50. The van der Waals surface area contributed by atoms with Gasteiger partial charge in [0.25, 0.3) is 0 Å². The van der Waals surface area contributed by atoms with E-state index in [0.29, 0.717) is 0 Å². The molecule has 1 rings (SSSR count). The van der Waals surface area contributed by atoms with Crippen LogP contribution in [0.4, 0.5) is 9.59 Å². The van der Waals surface area contributed by atoms with Gasteiger partial charge >= 0.3 is 12.2 Å². The van der Waals surface area contributed by atoms with Gasteiger partial charge in [-0.1, -0.05) is 0 Å². The molecule has 0 heterocycles. The SMILES string of the molecule is [2H]C([2H])([2H])C(NCC(O)c1cc(OC(=O)N(C)C)cc(OC(=O)N(C)C)c1)(C([2H])([2H])[2H])C([2H])([2H])[2H]. The predicted molar refractivity (Wildman–Crippen MR) is 98.6 cm³/mol. The lowest BCUT2D eigenvalue weighted by atomic mass is 10.1. The van der Waals surface area contributed by atoms with E-state index in [9.17, 15) is 14.7 Å². The van der Waals surface area contributed by atoms with E-state index in [-0.39, 0.29) is 17.1 Å². The lowest BCUT2D eigenvalue weighted by Crippen LogP contribution is -2.38. The van der Waals surface area contributed by atoms with Gasteiger partial charge in [-0.05, 0) is 38.3 Å². The van der Waals surface area contributed by atoms with Crippen LogP contribution in [0.1, 0.15) is 44.6 Å². The summed E-state index contributed by atoms with van der Waals surface area (Å²) in [6.45, 7) is -11.4. The molecule has 0 aliphatic heterocycles. The van der Waals surface area contributed by atoms with Crippen molar-refractivity contribution in [2.75, 3.05) is 34.7 Å². The molecule has 0 saturated carbocycles. The Hall–Kier alpha value is -2.32. The van der Waals surface area contributed by atoms with Crippen LogP contribution in [0.25, 0.3) is 0 Å². The summed E-state index contributed by atoms with van der Waals surface area (Å²) in [6, 6.07) is 3.52. The summed E-state index contributed by atoms with van der Waals surface area (Å²) < 4.78 is 79.1. The summed E-state index contributed by atoms with van der Waals surface area (Å²) in [6.07, 6.45) is -3.30. The molecule has 0 aromatic heterocycles. The molecule has 26 heavy (non-hydrogen) atoms. The highest BCUT2D eigenvalue weighted by molar-refractivity contribution is 5.72. The molecule has 0 bridgehead atoms. The fourth-order valence-corrected chi connectivity index (χ4v) is 1.66. The molecule has 8 nitrogen and oxygen atoms in total. The van der Waals surface area contributed by atoms with Crippen molar-refractivity contribution in [3.63, 3.8) is 0 Å². The predicted octanol–water partition coefficient (Wildman–Crippen LogP) is 2.23. The smallest absolute Gasteiger partial charge is 0.410 e. The highest BCUT2D eigenvalue weighted by Gasteiger charge is 2.18. The van der Waals surface area contributed by atoms with Crippen molar-refractivity contribution in [3.05, 3.63) is 23.8 Å². The molecule has 0 fully saturated rings. The van der Waals surface area contributed by atoms with Crippen LogP contribution in [0, 0.1) is 0 Å². The van der Waals surface area contributed by atoms with E-state index in [4.69, 9.17) is 21.8 Å². The van der Waals surface area contributed by atoms with E-state index in [1.807, 2.05) is 5.32 Å². The summed E-state index contributed by atoms with van der Waals surface area (Å²) in [4.78, 5) is 26.1. The minimum absolute atomic E-state index is 0.0846. The molecule has 1 unspecified atom stereocenters. The van der Waals surface area contributed by atoms with Gasteiger partial charge in [-0.2, -0.15) is 0 Å². The molecular weight excluding hydrogens is 338 g/mol. The summed E-state index contributed by atoms with van der Waals surface area (Å²) in [7, 11) is 5.65. The molecule has 146 valence electrons. The van der Waals surface area contributed by atoms with E-state index in [1.165, 1.54) is 46.4 Å². The Balaban J connectivity index is 3.43. The maximum absolute atomic E-state index is 11.9. The molecule has 0 aliphatic rings. The zero-order valence-electron chi connectivity index (χ0n) is 24.0. The van der Waals surface area contributed by atoms with Crippen LogP contribution in [-0.4, -0.2) is 67.4 Å². The first kappa shape index (κ1) is 11.4. The van der Waals surface area contributed by atoms with Gasteiger partial charge in [0.1, 0.15) is 11.5 Å². The summed E-state index contributed by atoms with van der Waals surface area (Å²) >= 11 is 0. The first-order valence-electron chi connectivity index (χ1n) is 12.0. The van der Waals surface area contributed by atoms with Crippen molar-refractivity contribution in [1.82, 2.24) is 15.1 Å². The number of carbonyl (C=O) groups is 2. The van der Waals surface area contributed by atoms with Gasteiger partial charge in [0.15, 0.2) is 0 Å². The molecular formula is C18H29N3O5. The number of rotatable bonds is 5. The fourth-order valence-electron chi connectivity index (χ4n) is 1.66. The third kappa shape index (κ3) is 7.28. The monoisotopic (exact) mass is 376 g/mol. The number of aliphatic hydroxyl groups is 1. The summed E-state index contributed by atoms with van der Waals surface area (Å²) in [5.41, 5.74) is -3.44. The number of ether oxygens (including phenoxy) is 2. The quantitative estimate of drug-likeness (QED) is 0.819. The Morgan fingerprint density at radius 1 is 1.08 bits per heavy atom. The summed E-state index contributed by atoms with van der Waals surface area (Å²) in [5.74, 6) is -0.314. The second-order valence-corrected chi connectivity index (χ2v) is 5.91. The molecule has 0 aliphatic carbocycles. The van der Waals surface area contributed by atoms with E-state index in [2.05, 4.69) is 0 Å². The maximum atomic E-state index is 11.9. The van der Waals surface area contributed by atoms with Crippen molar-refractivity contribution in [2.45, 2.75) is 32.2 Å².